The van der Waals surface area contributed by atoms with E-state index in [1.54, 1.807) is 18.2 Å². The third-order valence-electron chi connectivity index (χ3n) is 6.53. The Morgan fingerprint density at radius 2 is 1.71 bits per heavy atom. The van der Waals surface area contributed by atoms with E-state index >= 15 is 0 Å². The van der Waals surface area contributed by atoms with Crippen LogP contribution in [0.25, 0.3) is 10.8 Å². The lowest BCUT2D eigenvalue weighted by Crippen LogP contribution is -2.34. The topological polar surface area (TPSA) is 102 Å². The molecule has 38 heavy (non-hydrogen) atoms. The minimum absolute atomic E-state index is 0.0403. The van der Waals surface area contributed by atoms with Crippen LogP contribution in [0.4, 0.5) is 0 Å². The maximum absolute atomic E-state index is 12.4. The first kappa shape index (κ1) is 27.5. The minimum Gasteiger partial charge on any atom is -0.491 e. The predicted molar refractivity (Wildman–Crippen MR) is 144 cm³/mol. The Kier molecular flexibility index (Phi) is 10.0. The predicted octanol–water partition coefficient (Wildman–Crippen LogP) is 4.64. The van der Waals surface area contributed by atoms with Crippen LogP contribution in [-0.2, 0) is 14.3 Å². The quantitative estimate of drug-likeness (QED) is 0.147. The van der Waals surface area contributed by atoms with Gasteiger partial charge in [-0.1, -0.05) is 60.7 Å². The van der Waals surface area contributed by atoms with Crippen molar-refractivity contribution in [2.24, 2.45) is 5.92 Å². The molecule has 0 aromatic heterocycles. The van der Waals surface area contributed by atoms with Gasteiger partial charge in [-0.25, -0.2) is 0 Å². The number of carbonyl (C=O) groups excluding carboxylic acids is 2. The fourth-order valence-corrected chi connectivity index (χ4v) is 4.54. The number of aliphatic hydroxyl groups excluding tert-OH is 2. The first-order chi connectivity index (χ1) is 18.5. The second-order valence-electron chi connectivity index (χ2n) is 9.50. The number of rotatable bonds is 13. The number of unbranched alkanes of at least 4 members (excludes halogenated alkanes) is 1. The fraction of sp³-hybridized carbons (Fsp3) is 0.355. The van der Waals surface area contributed by atoms with Gasteiger partial charge in [0.05, 0.1) is 18.8 Å². The molecule has 3 aromatic rings. The Balaban J connectivity index is 1.15. The number of aliphatic hydroxyl groups is 2. The maximum atomic E-state index is 12.4. The van der Waals surface area contributed by atoms with Gasteiger partial charge in [-0.15, -0.1) is 0 Å². The van der Waals surface area contributed by atoms with E-state index in [2.05, 4.69) is 0 Å². The number of carbonyl (C=O) groups is 2. The van der Waals surface area contributed by atoms with Gasteiger partial charge in [-0.05, 0) is 54.3 Å². The normalized spacial score (nSPS) is 20.2. The zero-order valence-corrected chi connectivity index (χ0v) is 21.3. The minimum atomic E-state index is -0.895. The van der Waals surface area contributed by atoms with Gasteiger partial charge >= 0.3 is 5.97 Å². The summed E-state index contributed by atoms with van der Waals surface area (Å²) in [7, 11) is 0. The number of ether oxygens (including phenoxy) is 3. The van der Waals surface area contributed by atoms with E-state index < -0.39 is 24.2 Å². The van der Waals surface area contributed by atoms with Crippen molar-refractivity contribution in [1.29, 1.82) is 0 Å². The summed E-state index contributed by atoms with van der Waals surface area (Å²) in [5, 5.41) is 22.6. The van der Waals surface area contributed by atoms with E-state index in [0.29, 0.717) is 30.8 Å². The molecule has 3 unspecified atom stereocenters. The Hall–Kier alpha value is -3.52. The molecule has 1 aliphatic carbocycles. The molecule has 0 saturated heterocycles. The van der Waals surface area contributed by atoms with Gasteiger partial charge in [0.2, 0.25) is 0 Å². The van der Waals surface area contributed by atoms with Crippen LogP contribution in [0.2, 0.25) is 0 Å². The smallest absolute Gasteiger partial charge is 0.311 e. The van der Waals surface area contributed by atoms with Gasteiger partial charge in [0.25, 0.3) is 0 Å². The number of benzene rings is 3. The van der Waals surface area contributed by atoms with Crippen molar-refractivity contribution in [2.45, 2.75) is 50.4 Å². The van der Waals surface area contributed by atoms with E-state index in [1.807, 2.05) is 66.7 Å². The van der Waals surface area contributed by atoms with Crippen LogP contribution in [0.1, 0.15) is 32.1 Å². The summed E-state index contributed by atoms with van der Waals surface area (Å²) in [6, 6.07) is 22.6. The van der Waals surface area contributed by atoms with Gasteiger partial charge in [-0.2, -0.15) is 0 Å². The molecule has 4 atom stereocenters. The number of hydrogen-bond donors (Lipinski definition) is 2. The highest BCUT2D eigenvalue weighted by Crippen LogP contribution is 2.29. The van der Waals surface area contributed by atoms with Crippen molar-refractivity contribution in [3.63, 3.8) is 0 Å². The van der Waals surface area contributed by atoms with Crippen LogP contribution in [-0.4, -0.2) is 53.5 Å². The summed E-state index contributed by atoms with van der Waals surface area (Å²) in [5.41, 5.74) is 0. The Labute approximate surface area is 222 Å². The van der Waals surface area contributed by atoms with Gasteiger partial charge in [0.1, 0.15) is 30.0 Å². The number of allylic oxidation sites excluding steroid dienone is 2. The molecule has 1 aliphatic rings. The SMILES string of the molecule is O=C(CCC/C=C\C[C@H]1C(=O)CC(O)C1OCC(O)COc1ccccc1)Oc1ccc2ccccc2c1. The lowest BCUT2D eigenvalue weighted by atomic mass is 9.99. The fourth-order valence-electron chi connectivity index (χ4n) is 4.54. The van der Waals surface area contributed by atoms with E-state index in [0.717, 1.165) is 10.8 Å². The van der Waals surface area contributed by atoms with E-state index in [-0.39, 0.29) is 37.8 Å². The highest BCUT2D eigenvalue weighted by Gasteiger charge is 2.41. The summed E-state index contributed by atoms with van der Waals surface area (Å²) in [6.07, 6.45) is 3.41. The van der Waals surface area contributed by atoms with Crippen LogP contribution in [0.5, 0.6) is 11.5 Å². The zero-order chi connectivity index (χ0) is 26.7. The monoisotopic (exact) mass is 518 g/mol. The number of esters is 1. The molecule has 0 aliphatic heterocycles. The van der Waals surface area contributed by atoms with Crippen LogP contribution in [0, 0.1) is 5.92 Å². The number of ketones is 1. The van der Waals surface area contributed by atoms with Crippen molar-refractivity contribution in [1.82, 2.24) is 0 Å². The molecule has 0 heterocycles. The summed E-state index contributed by atoms with van der Waals surface area (Å²) < 4.78 is 16.7. The van der Waals surface area contributed by atoms with Crippen LogP contribution < -0.4 is 9.47 Å². The number of fused-ring (bicyclic) bond motifs is 1. The molecule has 1 saturated carbocycles. The van der Waals surface area contributed by atoms with E-state index in [1.165, 1.54) is 0 Å². The molecular formula is C31H34O7. The molecule has 7 nitrogen and oxygen atoms in total. The van der Waals surface area contributed by atoms with Crippen molar-refractivity contribution >= 4 is 22.5 Å². The first-order valence-electron chi connectivity index (χ1n) is 13.0. The number of Topliss-reactive ketones (excluding diaryl/α,β-unsaturated/α-hetero) is 1. The van der Waals surface area contributed by atoms with Crippen molar-refractivity contribution < 1.29 is 34.0 Å². The second-order valence-corrected chi connectivity index (χ2v) is 9.50. The molecule has 2 N–H and O–H groups in total. The van der Waals surface area contributed by atoms with Crippen LogP contribution >= 0.6 is 0 Å². The van der Waals surface area contributed by atoms with Gasteiger partial charge in [-0.3, -0.25) is 9.59 Å². The average molecular weight is 519 g/mol. The summed E-state index contributed by atoms with van der Waals surface area (Å²) >= 11 is 0. The second kappa shape index (κ2) is 13.9. The van der Waals surface area contributed by atoms with Crippen molar-refractivity contribution in [2.75, 3.05) is 13.2 Å². The van der Waals surface area contributed by atoms with Crippen LogP contribution in [0.3, 0.4) is 0 Å². The third-order valence-corrected chi connectivity index (χ3v) is 6.53. The van der Waals surface area contributed by atoms with Gasteiger partial charge in [0.15, 0.2) is 0 Å². The first-order valence-corrected chi connectivity index (χ1v) is 13.0. The summed E-state index contributed by atoms with van der Waals surface area (Å²) in [6.45, 7) is 0.00994. The highest BCUT2D eigenvalue weighted by atomic mass is 16.5. The third kappa shape index (κ3) is 7.99. The molecule has 0 bridgehead atoms. The van der Waals surface area contributed by atoms with Gasteiger partial charge < -0.3 is 24.4 Å². The summed E-state index contributed by atoms with van der Waals surface area (Å²) in [5.74, 6) is 0.367. The molecule has 7 heteroatoms. The molecule has 0 radical (unpaired) electrons. The largest absolute Gasteiger partial charge is 0.491 e. The molecule has 1 fully saturated rings. The Morgan fingerprint density at radius 1 is 0.947 bits per heavy atom. The van der Waals surface area contributed by atoms with Crippen molar-refractivity contribution in [3.8, 4) is 11.5 Å². The molecule has 4 rings (SSSR count). The summed E-state index contributed by atoms with van der Waals surface area (Å²) in [4.78, 5) is 24.6. The molecular weight excluding hydrogens is 484 g/mol. The number of para-hydroxylation sites is 1. The number of hydrogen-bond acceptors (Lipinski definition) is 7. The highest BCUT2D eigenvalue weighted by molar-refractivity contribution is 5.85. The molecule has 0 amide bonds. The van der Waals surface area contributed by atoms with Gasteiger partial charge in [0, 0.05) is 18.8 Å². The van der Waals surface area contributed by atoms with E-state index in [9.17, 15) is 19.8 Å². The Bertz CT molecular complexity index is 1220. The van der Waals surface area contributed by atoms with Crippen molar-refractivity contribution in [3.05, 3.63) is 84.9 Å². The maximum Gasteiger partial charge on any atom is 0.311 e. The average Bonchev–Trinajstić information content (AvgIpc) is 3.20. The van der Waals surface area contributed by atoms with Crippen LogP contribution in [0.15, 0.2) is 84.9 Å². The molecule has 0 spiro atoms. The molecule has 3 aromatic carbocycles. The molecule has 200 valence electrons. The standard InChI is InChI=1S/C31H34O7/c32-24(20-36-25-12-4-3-5-13-25)21-37-31-27(28(33)19-29(31)34)14-6-1-2-7-15-30(35)38-26-17-16-22-10-8-9-11-23(22)18-26/h1,3-6,8-13,16-18,24,27,29,31-32,34H,2,7,14-15,19-21H2/b6-1-/t24?,27-,29?,31?/m0/s1. The zero-order valence-electron chi connectivity index (χ0n) is 21.3. The lowest BCUT2D eigenvalue weighted by Gasteiger charge is -2.22. The lowest BCUT2D eigenvalue weighted by molar-refractivity contribution is -0.134. The Morgan fingerprint density at radius 3 is 2.53 bits per heavy atom. The van der Waals surface area contributed by atoms with E-state index in [4.69, 9.17) is 14.2 Å².